The van der Waals surface area contributed by atoms with E-state index in [1.807, 2.05) is 18.6 Å². The van der Waals surface area contributed by atoms with Gasteiger partial charge in [0.25, 0.3) is 0 Å². The highest BCUT2D eigenvalue weighted by atomic mass is 35.5. The number of anilines is 2. The van der Waals surface area contributed by atoms with Gasteiger partial charge in [-0.25, -0.2) is 4.98 Å². The summed E-state index contributed by atoms with van der Waals surface area (Å²) in [5.41, 5.74) is 9.77. The van der Waals surface area contributed by atoms with Gasteiger partial charge in [-0.2, -0.15) is 9.97 Å². The van der Waals surface area contributed by atoms with Gasteiger partial charge in [0.1, 0.15) is 0 Å². The molecule has 0 radical (unpaired) electrons. The molecular formula is C24H31ClN8S. The summed E-state index contributed by atoms with van der Waals surface area (Å²) >= 11 is 1.69. The van der Waals surface area contributed by atoms with E-state index in [0.29, 0.717) is 24.6 Å². The molecule has 8 nitrogen and oxygen atoms in total. The Kier molecular flexibility index (Phi) is 7.65. The monoisotopic (exact) mass is 498 g/mol. The van der Waals surface area contributed by atoms with Gasteiger partial charge in [0, 0.05) is 30.9 Å². The molecule has 1 aliphatic rings. The molecule has 4 heterocycles. The molecule has 4 aromatic rings. The van der Waals surface area contributed by atoms with Crippen molar-refractivity contribution < 1.29 is 0 Å². The van der Waals surface area contributed by atoms with Crippen molar-refractivity contribution in [2.24, 2.45) is 5.73 Å². The van der Waals surface area contributed by atoms with Gasteiger partial charge in [0.15, 0.2) is 17.0 Å². The van der Waals surface area contributed by atoms with Gasteiger partial charge in [-0.3, -0.25) is 4.98 Å². The number of pyridine rings is 1. The number of hydrogen-bond acceptors (Lipinski definition) is 8. The summed E-state index contributed by atoms with van der Waals surface area (Å²) in [5, 5.41) is 9.08. The minimum absolute atomic E-state index is 0. The second kappa shape index (κ2) is 10.7. The van der Waals surface area contributed by atoms with Crippen molar-refractivity contribution in [3.63, 3.8) is 0 Å². The third kappa shape index (κ3) is 5.32. The van der Waals surface area contributed by atoms with Crippen molar-refractivity contribution in [3.05, 3.63) is 47.7 Å². The molecule has 0 amide bonds. The van der Waals surface area contributed by atoms with Gasteiger partial charge in [-0.05, 0) is 62.6 Å². The summed E-state index contributed by atoms with van der Waals surface area (Å²) in [5.74, 6) is 1.37. The van der Waals surface area contributed by atoms with E-state index in [1.165, 1.54) is 4.88 Å². The Morgan fingerprint density at radius 1 is 1.12 bits per heavy atom. The molecule has 4 N–H and O–H groups in total. The number of rotatable bonds is 7. The Morgan fingerprint density at radius 3 is 2.62 bits per heavy atom. The van der Waals surface area contributed by atoms with Crippen molar-refractivity contribution in [2.75, 3.05) is 10.6 Å². The van der Waals surface area contributed by atoms with Crippen LogP contribution in [0.4, 0.5) is 11.8 Å². The molecule has 0 bridgehead atoms. The summed E-state index contributed by atoms with van der Waals surface area (Å²) in [6.45, 7) is 4.87. The first-order valence-electron chi connectivity index (χ1n) is 11.6. The van der Waals surface area contributed by atoms with Crippen LogP contribution in [0.5, 0.6) is 0 Å². The number of fused-ring (bicyclic) bond motifs is 1. The molecule has 0 aromatic carbocycles. The molecule has 0 spiro atoms. The first kappa shape index (κ1) is 24.4. The van der Waals surface area contributed by atoms with Gasteiger partial charge < -0.3 is 20.9 Å². The number of nitrogens with one attached hydrogen (secondary N) is 2. The Labute approximate surface area is 209 Å². The zero-order valence-electron chi connectivity index (χ0n) is 19.4. The summed E-state index contributed by atoms with van der Waals surface area (Å²) < 4.78 is 2.08. The van der Waals surface area contributed by atoms with Crippen LogP contribution in [-0.2, 0) is 6.54 Å². The Balaban J connectivity index is 0.00000274. The highest BCUT2D eigenvalue weighted by molar-refractivity contribution is 7.13. The van der Waals surface area contributed by atoms with E-state index in [0.717, 1.165) is 53.9 Å². The second-order valence-corrected chi connectivity index (χ2v) is 9.90. The van der Waals surface area contributed by atoms with Crippen molar-refractivity contribution in [2.45, 2.75) is 64.2 Å². The Morgan fingerprint density at radius 2 is 1.94 bits per heavy atom. The van der Waals surface area contributed by atoms with Crippen LogP contribution >= 0.6 is 23.7 Å². The number of nitrogens with two attached hydrogens (primary N) is 1. The van der Waals surface area contributed by atoms with Crippen LogP contribution in [0.15, 0.2) is 42.2 Å². The molecule has 0 atom stereocenters. The molecular weight excluding hydrogens is 468 g/mol. The fourth-order valence-electron chi connectivity index (χ4n) is 4.21. The fourth-order valence-corrected chi connectivity index (χ4v) is 4.92. The van der Waals surface area contributed by atoms with Crippen LogP contribution in [0.1, 0.15) is 51.1 Å². The molecule has 1 saturated carbocycles. The summed E-state index contributed by atoms with van der Waals surface area (Å²) in [6, 6.07) is 9.21. The van der Waals surface area contributed by atoms with Gasteiger partial charge >= 0.3 is 0 Å². The maximum absolute atomic E-state index is 6.07. The summed E-state index contributed by atoms with van der Waals surface area (Å²) in [7, 11) is 0. The van der Waals surface area contributed by atoms with Crippen molar-refractivity contribution in [3.8, 4) is 10.6 Å². The zero-order chi connectivity index (χ0) is 22.8. The predicted molar refractivity (Wildman–Crippen MR) is 142 cm³/mol. The van der Waals surface area contributed by atoms with Crippen LogP contribution < -0.4 is 16.4 Å². The van der Waals surface area contributed by atoms with Crippen molar-refractivity contribution >= 4 is 46.7 Å². The molecule has 0 unspecified atom stereocenters. The Bertz CT molecular complexity index is 1200. The van der Waals surface area contributed by atoms with E-state index in [4.69, 9.17) is 15.7 Å². The second-order valence-electron chi connectivity index (χ2n) is 8.95. The third-order valence-corrected chi connectivity index (χ3v) is 7.03. The van der Waals surface area contributed by atoms with Crippen LogP contribution in [0.3, 0.4) is 0 Å². The van der Waals surface area contributed by atoms with Crippen LogP contribution in [0.2, 0.25) is 0 Å². The van der Waals surface area contributed by atoms with E-state index in [1.54, 1.807) is 11.3 Å². The van der Waals surface area contributed by atoms with Crippen LogP contribution in [0, 0.1) is 0 Å². The molecule has 5 rings (SSSR count). The number of halogens is 1. The lowest BCUT2D eigenvalue weighted by molar-refractivity contribution is 0.410. The van der Waals surface area contributed by atoms with Gasteiger partial charge in [-0.1, -0.05) is 12.1 Å². The van der Waals surface area contributed by atoms with E-state index >= 15 is 0 Å². The smallest absolute Gasteiger partial charge is 0.227 e. The molecule has 0 aliphatic heterocycles. The molecule has 4 aromatic heterocycles. The number of nitrogens with zero attached hydrogens (tertiary/aromatic N) is 5. The predicted octanol–water partition coefficient (Wildman–Crippen LogP) is 5.25. The maximum Gasteiger partial charge on any atom is 0.227 e. The summed E-state index contributed by atoms with van der Waals surface area (Å²) in [6.07, 6.45) is 7.90. The average Bonchev–Trinajstić information content (AvgIpc) is 3.50. The minimum Gasteiger partial charge on any atom is -0.364 e. The van der Waals surface area contributed by atoms with Crippen LogP contribution in [-0.4, -0.2) is 36.6 Å². The molecule has 10 heteroatoms. The lowest BCUT2D eigenvalue weighted by Gasteiger charge is -2.27. The highest BCUT2D eigenvalue weighted by Crippen LogP contribution is 2.27. The largest absolute Gasteiger partial charge is 0.364 e. The van der Waals surface area contributed by atoms with Crippen LogP contribution in [0.25, 0.3) is 21.7 Å². The highest BCUT2D eigenvalue weighted by Gasteiger charge is 2.21. The van der Waals surface area contributed by atoms with Crippen molar-refractivity contribution in [1.82, 2.24) is 24.5 Å². The SMILES string of the molecule is CC(C)n1cnc2c(NCc3ccc(-c4cccs4)nc3)nc(NC3CCC(N)CC3)nc21.Cl. The first-order valence-corrected chi connectivity index (χ1v) is 12.4. The van der Waals surface area contributed by atoms with Gasteiger partial charge in [0.05, 0.1) is 16.9 Å². The number of imidazole rings is 1. The van der Waals surface area contributed by atoms with E-state index in [9.17, 15) is 0 Å². The lowest BCUT2D eigenvalue weighted by Crippen LogP contribution is -2.33. The standard InChI is InChI=1S/C24H30N8S.ClH/c1-15(2)32-14-28-21-22(27-13-16-5-10-19(26-12-16)20-4-3-11-33-20)30-24(31-23(21)32)29-18-8-6-17(25)7-9-18;/h3-5,10-12,14-15,17-18H,6-9,13,25H2,1-2H3,(H2,27,29,30,31);1H. The van der Waals surface area contributed by atoms with Crippen molar-refractivity contribution in [1.29, 1.82) is 0 Å². The van der Waals surface area contributed by atoms with Gasteiger partial charge in [0.2, 0.25) is 5.95 Å². The average molecular weight is 499 g/mol. The lowest BCUT2D eigenvalue weighted by atomic mass is 9.92. The van der Waals surface area contributed by atoms with E-state index in [2.05, 4.69) is 62.6 Å². The summed E-state index contributed by atoms with van der Waals surface area (Å²) in [4.78, 5) is 20.0. The fraction of sp³-hybridized carbons (Fsp3) is 0.417. The topological polar surface area (TPSA) is 107 Å². The maximum atomic E-state index is 6.07. The molecule has 34 heavy (non-hydrogen) atoms. The van der Waals surface area contributed by atoms with Gasteiger partial charge in [-0.15, -0.1) is 23.7 Å². The van der Waals surface area contributed by atoms with E-state index in [-0.39, 0.29) is 18.4 Å². The third-order valence-electron chi connectivity index (χ3n) is 6.14. The Hall–Kier alpha value is -2.75. The molecule has 180 valence electrons. The minimum atomic E-state index is 0. The normalized spacial score (nSPS) is 18.1. The molecule has 0 saturated heterocycles. The number of hydrogen-bond donors (Lipinski definition) is 3. The number of thiophene rings is 1. The van der Waals surface area contributed by atoms with E-state index < -0.39 is 0 Å². The molecule has 1 fully saturated rings. The molecule has 1 aliphatic carbocycles. The first-order chi connectivity index (χ1) is 16.1. The zero-order valence-corrected chi connectivity index (χ0v) is 21.1. The quantitative estimate of drug-likeness (QED) is 0.319. The number of aromatic nitrogens is 5.